The third kappa shape index (κ3) is 4.89. The second kappa shape index (κ2) is 8.42. The Hall–Kier alpha value is -2.69. The second-order valence-corrected chi connectivity index (χ2v) is 5.99. The molecule has 132 valence electrons. The van der Waals surface area contributed by atoms with Gasteiger partial charge in [-0.2, -0.15) is 0 Å². The molecule has 0 saturated carbocycles. The second-order valence-electron chi connectivity index (χ2n) is 5.99. The maximum Gasteiger partial charge on any atom is 0.231 e. The largest absolute Gasteiger partial charge is 0.497 e. The van der Waals surface area contributed by atoms with Gasteiger partial charge >= 0.3 is 0 Å². The van der Waals surface area contributed by atoms with Crippen molar-refractivity contribution in [1.82, 2.24) is 5.32 Å². The van der Waals surface area contributed by atoms with Crippen LogP contribution in [-0.4, -0.2) is 26.4 Å². The molecule has 1 aliphatic rings. The Morgan fingerprint density at radius 1 is 1.08 bits per heavy atom. The summed E-state index contributed by atoms with van der Waals surface area (Å²) in [6.45, 7) is 0.966. The molecule has 0 bridgehead atoms. The van der Waals surface area contributed by atoms with Crippen LogP contribution in [0.3, 0.4) is 0 Å². The summed E-state index contributed by atoms with van der Waals surface area (Å²) in [5, 5.41) is 2.98. The van der Waals surface area contributed by atoms with Crippen LogP contribution in [0, 0.1) is 0 Å². The summed E-state index contributed by atoms with van der Waals surface area (Å²) in [5.41, 5.74) is 2.30. The van der Waals surface area contributed by atoms with Gasteiger partial charge < -0.3 is 19.5 Å². The zero-order valence-electron chi connectivity index (χ0n) is 14.4. The fourth-order valence-electron chi connectivity index (χ4n) is 2.79. The highest BCUT2D eigenvalue weighted by Gasteiger charge is 2.12. The summed E-state index contributed by atoms with van der Waals surface area (Å²) in [7, 11) is 1.64. The van der Waals surface area contributed by atoms with Crippen molar-refractivity contribution >= 4 is 5.91 Å². The molecule has 1 N–H and O–H groups in total. The smallest absolute Gasteiger partial charge is 0.231 e. The van der Waals surface area contributed by atoms with E-state index in [1.54, 1.807) is 7.11 Å². The van der Waals surface area contributed by atoms with Crippen molar-refractivity contribution in [2.75, 3.05) is 20.4 Å². The number of carbonyl (C=O) groups is 1. The zero-order valence-corrected chi connectivity index (χ0v) is 14.4. The van der Waals surface area contributed by atoms with Crippen LogP contribution in [0.1, 0.15) is 24.0 Å². The Morgan fingerprint density at radius 2 is 1.92 bits per heavy atom. The van der Waals surface area contributed by atoms with E-state index < -0.39 is 0 Å². The van der Waals surface area contributed by atoms with Crippen LogP contribution in [0.25, 0.3) is 0 Å². The van der Waals surface area contributed by atoms with E-state index in [1.165, 1.54) is 5.56 Å². The minimum Gasteiger partial charge on any atom is -0.497 e. The van der Waals surface area contributed by atoms with E-state index in [4.69, 9.17) is 14.2 Å². The van der Waals surface area contributed by atoms with Gasteiger partial charge in [0.15, 0.2) is 11.5 Å². The Balaban J connectivity index is 1.35. The van der Waals surface area contributed by atoms with Crippen molar-refractivity contribution in [3.8, 4) is 17.2 Å². The van der Waals surface area contributed by atoms with Gasteiger partial charge in [-0.1, -0.05) is 18.2 Å². The molecule has 0 aromatic heterocycles. The molecular formula is C20H23NO4. The molecule has 0 saturated heterocycles. The number of amides is 1. The summed E-state index contributed by atoms with van der Waals surface area (Å²) in [6, 6.07) is 13.8. The number of aryl methyl sites for hydroxylation is 2. The molecular weight excluding hydrogens is 318 g/mol. The first-order valence-corrected chi connectivity index (χ1v) is 8.53. The number of rotatable bonds is 8. The first-order chi connectivity index (χ1) is 12.2. The monoisotopic (exact) mass is 341 g/mol. The van der Waals surface area contributed by atoms with Crippen LogP contribution in [0.15, 0.2) is 42.5 Å². The van der Waals surface area contributed by atoms with Crippen molar-refractivity contribution in [3.05, 3.63) is 53.6 Å². The van der Waals surface area contributed by atoms with Gasteiger partial charge in [-0.05, 0) is 54.7 Å². The summed E-state index contributed by atoms with van der Waals surface area (Å²) in [5.74, 6) is 2.50. The minimum absolute atomic E-state index is 0.0773. The van der Waals surface area contributed by atoms with Crippen molar-refractivity contribution in [3.63, 3.8) is 0 Å². The lowest BCUT2D eigenvalue weighted by Gasteiger charge is -2.07. The summed E-state index contributed by atoms with van der Waals surface area (Å²) in [4.78, 5) is 12.0. The Labute approximate surface area is 147 Å². The quantitative estimate of drug-likeness (QED) is 0.750. The number of hydrogen-bond donors (Lipinski definition) is 1. The van der Waals surface area contributed by atoms with Crippen LogP contribution in [0.2, 0.25) is 0 Å². The predicted octanol–water partition coefficient (Wildman–Crippen LogP) is 3.11. The van der Waals surface area contributed by atoms with Crippen LogP contribution in [0.5, 0.6) is 17.2 Å². The molecule has 25 heavy (non-hydrogen) atoms. The molecule has 2 aromatic rings. The fraction of sp³-hybridized carbons (Fsp3) is 0.350. The molecule has 0 atom stereocenters. The van der Waals surface area contributed by atoms with Crippen molar-refractivity contribution in [2.24, 2.45) is 0 Å². The summed E-state index contributed by atoms with van der Waals surface area (Å²) >= 11 is 0. The molecule has 2 aromatic carbocycles. The molecule has 5 heteroatoms. The molecule has 0 radical (unpaired) electrons. The average molecular weight is 341 g/mol. The van der Waals surface area contributed by atoms with Gasteiger partial charge in [0.2, 0.25) is 12.7 Å². The van der Waals surface area contributed by atoms with Gasteiger partial charge in [0.05, 0.1) is 7.11 Å². The van der Waals surface area contributed by atoms with Gasteiger partial charge in [0, 0.05) is 13.0 Å². The molecule has 0 spiro atoms. The van der Waals surface area contributed by atoms with Crippen LogP contribution in [0.4, 0.5) is 0 Å². The average Bonchev–Trinajstić information content (AvgIpc) is 3.11. The van der Waals surface area contributed by atoms with Gasteiger partial charge in [0.25, 0.3) is 0 Å². The van der Waals surface area contributed by atoms with E-state index in [2.05, 4.69) is 5.32 Å². The summed E-state index contributed by atoms with van der Waals surface area (Å²) < 4.78 is 15.9. The zero-order chi connectivity index (χ0) is 17.5. The summed E-state index contributed by atoms with van der Waals surface area (Å²) in [6.07, 6.45) is 2.99. The van der Waals surface area contributed by atoms with Crippen LogP contribution >= 0.6 is 0 Å². The topological polar surface area (TPSA) is 56.8 Å². The Bertz CT molecular complexity index is 729. The van der Waals surface area contributed by atoms with Gasteiger partial charge in [-0.25, -0.2) is 0 Å². The molecule has 0 unspecified atom stereocenters. The lowest BCUT2D eigenvalue weighted by molar-refractivity contribution is -0.121. The van der Waals surface area contributed by atoms with Crippen molar-refractivity contribution in [1.29, 1.82) is 0 Å². The highest BCUT2D eigenvalue weighted by Crippen LogP contribution is 2.32. The first kappa shape index (κ1) is 17.1. The molecule has 0 aliphatic carbocycles. The molecule has 0 fully saturated rings. The van der Waals surface area contributed by atoms with E-state index in [-0.39, 0.29) is 5.91 Å². The number of benzene rings is 2. The van der Waals surface area contributed by atoms with Gasteiger partial charge in [-0.3, -0.25) is 4.79 Å². The van der Waals surface area contributed by atoms with E-state index in [1.807, 2.05) is 42.5 Å². The number of hydrogen-bond acceptors (Lipinski definition) is 4. The fourth-order valence-corrected chi connectivity index (χ4v) is 2.79. The molecule has 1 aliphatic heterocycles. The third-order valence-corrected chi connectivity index (χ3v) is 4.18. The highest BCUT2D eigenvalue weighted by molar-refractivity contribution is 5.76. The van der Waals surface area contributed by atoms with Crippen LogP contribution < -0.4 is 19.5 Å². The first-order valence-electron chi connectivity index (χ1n) is 8.53. The van der Waals surface area contributed by atoms with Crippen LogP contribution in [-0.2, 0) is 17.6 Å². The number of fused-ring (bicyclic) bond motifs is 1. The SMILES string of the molecule is COc1cccc(CCC(=O)NCCCc2ccc3c(c2)OCO3)c1. The normalized spacial score (nSPS) is 12.0. The maximum absolute atomic E-state index is 12.0. The molecule has 3 rings (SSSR count). The number of nitrogens with one attached hydrogen (secondary N) is 1. The highest BCUT2D eigenvalue weighted by atomic mass is 16.7. The Morgan fingerprint density at radius 3 is 2.80 bits per heavy atom. The van der Waals surface area contributed by atoms with E-state index in [9.17, 15) is 4.79 Å². The van der Waals surface area contributed by atoms with E-state index in [0.717, 1.165) is 35.7 Å². The lowest BCUT2D eigenvalue weighted by atomic mass is 10.1. The number of ether oxygens (including phenoxy) is 3. The molecule has 5 nitrogen and oxygen atoms in total. The van der Waals surface area contributed by atoms with E-state index >= 15 is 0 Å². The van der Waals surface area contributed by atoms with Gasteiger partial charge in [0.1, 0.15) is 5.75 Å². The van der Waals surface area contributed by atoms with E-state index in [0.29, 0.717) is 26.2 Å². The standard InChI is InChI=1S/C20H23NO4/c1-23-17-6-2-4-15(12-17)8-10-20(22)21-11-3-5-16-7-9-18-19(13-16)25-14-24-18/h2,4,6-7,9,12-13H,3,5,8,10-11,14H2,1H3,(H,21,22). The van der Waals surface area contributed by atoms with Gasteiger partial charge in [-0.15, -0.1) is 0 Å². The minimum atomic E-state index is 0.0773. The Kier molecular flexibility index (Phi) is 5.77. The number of methoxy groups -OCH3 is 1. The molecule has 1 amide bonds. The van der Waals surface area contributed by atoms with Crippen molar-refractivity contribution in [2.45, 2.75) is 25.7 Å². The molecule has 1 heterocycles. The third-order valence-electron chi connectivity index (χ3n) is 4.18. The predicted molar refractivity (Wildman–Crippen MR) is 95.2 cm³/mol. The lowest BCUT2D eigenvalue weighted by Crippen LogP contribution is -2.24. The maximum atomic E-state index is 12.0. The number of carbonyl (C=O) groups excluding carboxylic acids is 1. The van der Waals surface area contributed by atoms with Crippen molar-refractivity contribution < 1.29 is 19.0 Å².